The van der Waals surface area contributed by atoms with Gasteiger partial charge in [-0.05, 0) is 35.1 Å². The van der Waals surface area contributed by atoms with E-state index in [1.54, 1.807) is 0 Å². The number of anilines is 2. The zero-order valence-corrected chi connectivity index (χ0v) is 12.9. The van der Waals surface area contributed by atoms with Crippen LogP contribution in [0.3, 0.4) is 0 Å². The zero-order chi connectivity index (χ0) is 15.1. The molecule has 0 spiro atoms. The van der Waals surface area contributed by atoms with E-state index in [-0.39, 0.29) is 0 Å². The zero-order valence-electron chi connectivity index (χ0n) is 12.9. The average Bonchev–Trinajstić information content (AvgIpc) is 2.40. The highest BCUT2D eigenvalue weighted by molar-refractivity contribution is 5.56. The molecule has 2 aromatic carbocycles. The number of hydrogen-bond acceptors (Lipinski definition) is 2. The molecule has 0 aliphatic heterocycles. The van der Waals surface area contributed by atoms with Gasteiger partial charge in [0, 0.05) is 11.4 Å². The van der Waals surface area contributed by atoms with Crippen LogP contribution in [0.25, 0.3) is 0 Å². The first-order chi connectivity index (χ1) is 9.43. The third-order valence-corrected chi connectivity index (χ3v) is 3.22. The highest BCUT2D eigenvalue weighted by Crippen LogP contribution is 2.29. The molecular formula is C18H26N2. The molecule has 2 heteroatoms. The predicted molar refractivity (Wildman–Crippen MR) is 89.9 cm³/mol. The van der Waals surface area contributed by atoms with E-state index in [9.17, 15) is 0 Å². The van der Waals surface area contributed by atoms with Crippen molar-refractivity contribution in [2.45, 2.75) is 39.5 Å². The minimum Gasteiger partial charge on any atom is -0.399 e. The lowest BCUT2D eigenvalue weighted by Gasteiger charge is -2.15. The number of para-hydroxylation sites is 2. The van der Waals surface area contributed by atoms with Crippen LogP contribution < -0.4 is 11.5 Å². The third kappa shape index (κ3) is 4.61. The molecule has 4 N–H and O–H groups in total. The Morgan fingerprint density at radius 3 is 1.40 bits per heavy atom. The molecule has 0 fully saturated rings. The Morgan fingerprint density at radius 1 is 0.650 bits per heavy atom. The van der Waals surface area contributed by atoms with Gasteiger partial charge in [-0.3, -0.25) is 0 Å². The summed E-state index contributed by atoms with van der Waals surface area (Å²) in [5, 5.41) is 0. The third-order valence-electron chi connectivity index (χ3n) is 3.22. The van der Waals surface area contributed by atoms with Crippen LogP contribution in [-0.2, 0) is 0 Å². The van der Waals surface area contributed by atoms with Gasteiger partial charge in [-0.2, -0.15) is 0 Å². The molecule has 0 unspecified atom stereocenters. The highest BCUT2D eigenvalue weighted by atomic mass is 14.6. The Morgan fingerprint density at radius 2 is 1.10 bits per heavy atom. The Labute approximate surface area is 122 Å². The van der Waals surface area contributed by atoms with E-state index in [4.69, 9.17) is 11.5 Å². The first-order valence-electron chi connectivity index (χ1n) is 7.12. The standard InChI is InChI=1S/C12H19N.C6H7N/c1-8(2)10-6-5-7-11(9(3)4)12(10)13;7-6-4-2-1-3-5-6/h5-9H,13H2,1-4H3;1-5H,7H2. The molecule has 0 bridgehead atoms. The molecule has 0 heterocycles. The van der Waals surface area contributed by atoms with Crippen LogP contribution in [0.2, 0.25) is 0 Å². The molecule has 20 heavy (non-hydrogen) atoms. The normalized spacial score (nSPS) is 10.3. The first kappa shape index (κ1) is 16.1. The molecule has 2 aromatic rings. The van der Waals surface area contributed by atoms with Gasteiger partial charge in [0.15, 0.2) is 0 Å². The lowest BCUT2D eigenvalue weighted by Crippen LogP contribution is -2.02. The van der Waals surface area contributed by atoms with Crippen LogP contribution in [0.5, 0.6) is 0 Å². The highest BCUT2D eigenvalue weighted by Gasteiger charge is 2.09. The van der Waals surface area contributed by atoms with Crippen molar-refractivity contribution in [2.75, 3.05) is 11.5 Å². The van der Waals surface area contributed by atoms with Crippen LogP contribution in [0.4, 0.5) is 11.4 Å². The van der Waals surface area contributed by atoms with Gasteiger partial charge in [-0.15, -0.1) is 0 Å². The lowest BCUT2D eigenvalue weighted by molar-refractivity contribution is 0.840. The number of nitrogens with two attached hydrogens (primary N) is 2. The number of nitrogen functional groups attached to an aromatic ring is 2. The summed E-state index contributed by atoms with van der Waals surface area (Å²) in [6, 6.07) is 15.8. The van der Waals surface area contributed by atoms with Gasteiger partial charge < -0.3 is 11.5 Å². The Kier molecular flexibility index (Phi) is 6.10. The van der Waals surface area contributed by atoms with Crippen molar-refractivity contribution in [2.24, 2.45) is 0 Å². The van der Waals surface area contributed by atoms with Gasteiger partial charge in [0.25, 0.3) is 0 Å². The van der Waals surface area contributed by atoms with Crippen molar-refractivity contribution in [3.63, 3.8) is 0 Å². The molecule has 0 aliphatic carbocycles. The summed E-state index contributed by atoms with van der Waals surface area (Å²) in [5.74, 6) is 1.03. The van der Waals surface area contributed by atoms with E-state index in [1.807, 2.05) is 30.3 Å². The molecule has 0 aliphatic rings. The van der Waals surface area contributed by atoms with E-state index < -0.39 is 0 Å². The van der Waals surface area contributed by atoms with Crippen LogP contribution in [0.15, 0.2) is 48.5 Å². The maximum atomic E-state index is 6.09. The summed E-state index contributed by atoms with van der Waals surface area (Å²) in [7, 11) is 0. The number of benzene rings is 2. The molecule has 0 atom stereocenters. The molecule has 0 saturated carbocycles. The predicted octanol–water partition coefficient (Wildman–Crippen LogP) is 4.78. The van der Waals surface area contributed by atoms with E-state index in [0.717, 1.165) is 11.4 Å². The van der Waals surface area contributed by atoms with Crippen molar-refractivity contribution in [1.29, 1.82) is 0 Å². The van der Waals surface area contributed by atoms with Gasteiger partial charge in [0.2, 0.25) is 0 Å². The van der Waals surface area contributed by atoms with Crippen LogP contribution in [-0.4, -0.2) is 0 Å². The van der Waals surface area contributed by atoms with Gasteiger partial charge >= 0.3 is 0 Å². The fourth-order valence-electron chi connectivity index (χ4n) is 2.06. The molecule has 2 nitrogen and oxygen atoms in total. The van der Waals surface area contributed by atoms with Gasteiger partial charge in [-0.25, -0.2) is 0 Å². The van der Waals surface area contributed by atoms with Crippen LogP contribution in [0, 0.1) is 0 Å². The Bertz CT molecular complexity index is 490. The summed E-state index contributed by atoms with van der Waals surface area (Å²) < 4.78 is 0. The average molecular weight is 270 g/mol. The molecule has 108 valence electrons. The molecule has 2 rings (SSSR count). The minimum absolute atomic E-state index is 0.513. The fourth-order valence-corrected chi connectivity index (χ4v) is 2.06. The maximum Gasteiger partial charge on any atom is 0.0384 e. The second-order valence-electron chi connectivity index (χ2n) is 5.57. The van der Waals surface area contributed by atoms with Gasteiger partial charge in [0.1, 0.15) is 0 Å². The van der Waals surface area contributed by atoms with E-state index >= 15 is 0 Å². The van der Waals surface area contributed by atoms with E-state index in [0.29, 0.717) is 11.8 Å². The van der Waals surface area contributed by atoms with E-state index in [1.165, 1.54) is 11.1 Å². The largest absolute Gasteiger partial charge is 0.399 e. The Hall–Kier alpha value is -1.96. The van der Waals surface area contributed by atoms with Crippen LogP contribution >= 0.6 is 0 Å². The summed E-state index contributed by atoms with van der Waals surface area (Å²) >= 11 is 0. The summed E-state index contributed by atoms with van der Waals surface area (Å²) in [6.07, 6.45) is 0. The molecule has 0 radical (unpaired) electrons. The minimum atomic E-state index is 0.513. The van der Waals surface area contributed by atoms with Crippen molar-refractivity contribution in [1.82, 2.24) is 0 Å². The molecule has 0 amide bonds. The topological polar surface area (TPSA) is 52.0 Å². The quantitative estimate of drug-likeness (QED) is 0.771. The number of rotatable bonds is 2. The SMILES string of the molecule is CC(C)c1cccc(C(C)C)c1N.Nc1ccccc1. The molecule has 0 saturated heterocycles. The molecular weight excluding hydrogens is 244 g/mol. The second kappa shape index (κ2) is 7.59. The fraction of sp³-hybridized carbons (Fsp3) is 0.333. The summed E-state index contributed by atoms with van der Waals surface area (Å²) in [4.78, 5) is 0. The van der Waals surface area contributed by atoms with Gasteiger partial charge in [0.05, 0.1) is 0 Å². The van der Waals surface area contributed by atoms with E-state index in [2.05, 4.69) is 45.9 Å². The van der Waals surface area contributed by atoms with Crippen molar-refractivity contribution in [3.05, 3.63) is 59.7 Å². The van der Waals surface area contributed by atoms with Crippen molar-refractivity contribution >= 4 is 11.4 Å². The van der Waals surface area contributed by atoms with Gasteiger partial charge in [-0.1, -0.05) is 64.1 Å². The first-order valence-corrected chi connectivity index (χ1v) is 7.12. The van der Waals surface area contributed by atoms with Crippen molar-refractivity contribution in [3.8, 4) is 0 Å². The Balaban J connectivity index is 0.000000240. The maximum absolute atomic E-state index is 6.09. The number of hydrogen-bond donors (Lipinski definition) is 2. The lowest BCUT2D eigenvalue weighted by atomic mass is 9.93. The summed E-state index contributed by atoms with van der Waals surface area (Å²) in [5.41, 5.74) is 15.8. The second-order valence-corrected chi connectivity index (χ2v) is 5.57. The van der Waals surface area contributed by atoms with Crippen LogP contribution in [0.1, 0.15) is 50.7 Å². The monoisotopic (exact) mass is 270 g/mol. The van der Waals surface area contributed by atoms with Crippen molar-refractivity contribution < 1.29 is 0 Å². The molecule has 0 aromatic heterocycles. The summed E-state index contributed by atoms with van der Waals surface area (Å²) in [6.45, 7) is 8.71. The smallest absolute Gasteiger partial charge is 0.0384 e.